The summed E-state index contributed by atoms with van der Waals surface area (Å²) in [6, 6.07) is 17.4. The average molecular weight is 779 g/mol. The standard InChI is InChI=1S/C42H50N8O5S/c1-25-37(56-24-44-25)27-14-12-26(13-15-27)20-43-40(54)34-19-30(51)23-50(34)41(55)38(42(2,3)4)46-36(53)11-7-8-16-49-21-29(22-49)32-17-28-18-33(47-48-39(28)45-32)31-9-5-6-10-35(31)52/h5-6,9-10,12-15,17-18,24,29-30,34,38,51-52H,7-8,11,16,19-23H2,1-4H3,(H,43,54)(H,45,48)(H,46,53)/t30-,34+,38-/m1/s1. The molecule has 0 spiro atoms. The van der Waals surface area contributed by atoms with Gasteiger partial charge in [0.15, 0.2) is 5.65 Å². The number of aliphatic hydroxyl groups excluding tert-OH is 1. The Hall–Kier alpha value is -5.18. The number of aromatic nitrogens is 4. The molecule has 2 aliphatic rings. The van der Waals surface area contributed by atoms with E-state index >= 15 is 0 Å². The lowest BCUT2D eigenvalue weighted by atomic mass is 9.85. The van der Waals surface area contributed by atoms with Crippen molar-refractivity contribution < 1.29 is 24.6 Å². The summed E-state index contributed by atoms with van der Waals surface area (Å²) in [7, 11) is 0. The van der Waals surface area contributed by atoms with Gasteiger partial charge < -0.3 is 35.6 Å². The number of aromatic amines is 1. The number of amides is 3. The van der Waals surface area contributed by atoms with E-state index < -0.39 is 23.6 Å². The normalized spacial score (nSPS) is 18.2. The van der Waals surface area contributed by atoms with Crippen LogP contribution in [0.25, 0.3) is 32.7 Å². The molecule has 5 heterocycles. The second-order valence-corrected chi connectivity index (χ2v) is 17.0. The zero-order chi connectivity index (χ0) is 39.6. The lowest BCUT2D eigenvalue weighted by molar-refractivity contribution is -0.144. The van der Waals surface area contributed by atoms with E-state index in [9.17, 15) is 24.6 Å². The van der Waals surface area contributed by atoms with Crippen LogP contribution in [0.4, 0.5) is 0 Å². The number of aliphatic hydroxyl groups is 1. The molecule has 0 bridgehead atoms. The highest BCUT2D eigenvalue weighted by atomic mass is 32.1. The fourth-order valence-corrected chi connectivity index (χ4v) is 8.39. The van der Waals surface area contributed by atoms with Crippen molar-refractivity contribution in [1.29, 1.82) is 0 Å². The van der Waals surface area contributed by atoms with Crippen molar-refractivity contribution in [2.45, 2.75) is 84.0 Å². The van der Waals surface area contributed by atoms with Gasteiger partial charge in [0.25, 0.3) is 0 Å². The number of β-amino-alcohol motifs (C(OH)–C–C–N with tert-alkyl or cyclic N) is 1. The van der Waals surface area contributed by atoms with Crippen LogP contribution >= 0.6 is 11.3 Å². The molecular formula is C42H50N8O5S. The fourth-order valence-electron chi connectivity index (χ4n) is 7.58. The molecule has 2 aliphatic heterocycles. The Balaban J connectivity index is 0.863. The van der Waals surface area contributed by atoms with Gasteiger partial charge in [-0.25, -0.2) is 4.98 Å². The van der Waals surface area contributed by atoms with Crippen LogP contribution in [0.5, 0.6) is 5.75 Å². The van der Waals surface area contributed by atoms with E-state index in [1.54, 1.807) is 23.5 Å². The lowest BCUT2D eigenvalue weighted by Crippen LogP contribution is -2.57. The van der Waals surface area contributed by atoms with Gasteiger partial charge in [-0.2, -0.15) is 0 Å². The number of carbonyl (C=O) groups is 3. The summed E-state index contributed by atoms with van der Waals surface area (Å²) in [6.07, 6.45) is 1.10. The molecule has 0 radical (unpaired) electrons. The van der Waals surface area contributed by atoms with E-state index in [0.29, 0.717) is 23.6 Å². The van der Waals surface area contributed by atoms with Gasteiger partial charge in [-0.3, -0.25) is 14.4 Å². The number of phenols is 1. The molecule has 294 valence electrons. The summed E-state index contributed by atoms with van der Waals surface area (Å²) in [6.45, 7) is 10.6. The van der Waals surface area contributed by atoms with Crippen molar-refractivity contribution in [2.24, 2.45) is 5.41 Å². The number of thiazole rings is 1. The van der Waals surface area contributed by atoms with Gasteiger partial charge in [0.05, 0.1) is 27.9 Å². The molecule has 7 rings (SSSR count). The zero-order valence-electron chi connectivity index (χ0n) is 32.3. The van der Waals surface area contributed by atoms with Crippen molar-refractivity contribution >= 4 is 40.1 Å². The first kappa shape index (κ1) is 39.1. The van der Waals surface area contributed by atoms with E-state index in [1.807, 2.05) is 75.7 Å². The number of benzene rings is 2. The summed E-state index contributed by atoms with van der Waals surface area (Å²) in [4.78, 5) is 53.2. The number of carbonyl (C=O) groups excluding carboxylic acids is 3. The number of likely N-dealkylation sites (tertiary alicyclic amines) is 2. The monoisotopic (exact) mass is 778 g/mol. The van der Waals surface area contributed by atoms with Crippen LogP contribution in [0.3, 0.4) is 0 Å². The number of nitrogens with zero attached hydrogens (tertiary/aromatic N) is 5. The second kappa shape index (κ2) is 16.5. The van der Waals surface area contributed by atoms with Gasteiger partial charge in [0.1, 0.15) is 17.8 Å². The van der Waals surface area contributed by atoms with Crippen molar-refractivity contribution in [1.82, 2.24) is 40.6 Å². The maximum absolute atomic E-state index is 14.0. The summed E-state index contributed by atoms with van der Waals surface area (Å²) in [5.41, 5.74) is 7.25. The molecule has 2 saturated heterocycles. The molecule has 0 saturated carbocycles. The molecule has 3 atom stereocenters. The van der Waals surface area contributed by atoms with Gasteiger partial charge in [-0.05, 0) is 67.1 Å². The molecule has 13 nitrogen and oxygen atoms in total. The molecule has 2 fully saturated rings. The number of fused-ring (bicyclic) bond motifs is 1. The van der Waals surface area contributed by atoms with Crippen LogP contribution in [0.1, 0.15) is 69.3 Å². The van der Waals surface area contributed by atoms with Gasteiger partial charge in [0.2, 0.25) is 17.7 Å². The molecule has 3 amide bonds. The number of nitrogens with one attached hydrogen (secondary N) is 3. The third-order valence-electron chi connectivity index (χ3n) is 10.8. The Labute approximate surface area is 330 Å². The van der Waals surface area contributed by atoms with Crippen LogP contribution in [-0.2, 0) is 20.9 Å². The van der Waals surface area contributed by atoms with Gasteiger partial charge >= 0.3 is 0 Å². The van der Waals surface area contributed by atoms with Gasteiger partial charge in [-0.15, -0.1) is 21.5 Å². The predicted octanol–water partition coefficient (Wildman–Crippen LogP) is 5.14. The second-order valence-electron chi connectivity index (χ2n) is 16.1. The Bertz CT molecular complexity index is 2190. The van der Waals surface area contributed by atoms with Gasteiger partial charge in [-0.1, -0.05) is 57.2 Å². The highest BCUT2D eigenvalue weighted by molar-refractivity contribution is 7.13. The quantitative estimate of drug-likeness (QED) is 0.101. The highest BCUT2D eigenvalue weighted by Crippen LogP contribution is 2.33. The maximum Gasteiger partial charge on any atom is 0.246 e. The minimum absolute atomic E-state index is 0.0320. The number of aryl methyl sites for hydroxylation is 1. The summed E-state index contributed by atoms with van der Waals surface area (Å²) in [5, 5.41) is 36.3. The first-order chi connectivity index (χ1) is 26.8. The van der Waals surface area contributed by atoms with Crippen LogP contribution in [0.2, 0.25) is 0 Å². The topological polar surface area (TPSA) is 177 Å². The van der Waals surface area contributed by atoms with Crippen molar-refractivity contribution in [3.05, 3.63) is 83.1 Å². The predicted molar refractivity (Wildman–Crippen MR) is 216 cm³/mol. The van der Waals surface area contributed by atoms with Crippen molar-refractivity contribution in [3.8, 4) is 27.4 Å². The molecule has 5 N–H and O–H groups in total. The number of unbranched alkanes of at least 4 members (excludes halogenated alkanes) is 1. The Morgan fingerprint density at radius 2 is 1.79 bits per heavy atom. The largest absolute Gasteiger partial charge is 0.507 e. The Kier molecular flexibility index (Phi) is 11.5. The number of para-hydroxylation sites is 1. The van der Waals surface area contributed by atoms with Crippen LogP contribution in [0, 0.1) is 12.3 Å². The first-order valence-corrected chi connectivity index (χ1v) is 20.1. The molecule has 0 aliphatic carbocycles. The van der Waals surface area contributed by atoms with Crippen LogP contribution in [-0.4, -0.2) is 102 Å². The number of phenolic OH excluding ortho intramolecular Hbond substituents is 1. The third-order valence-corrected chi connectivity index (χ3v) is 11.8. The van der Waals surface area contributed by atoms with Gasteiger partial charge in [0, 0.05) is 61.6 Å². The number of rotatable bonds is 13. The fraction of sp³-hybridized carbons (Fsp3) is 0.429. The molecular weight excluding hydrogens is 729 g/mol. The average Bonchev–Trinajstić information content (AvgIpc) is 3.89. The van der Waals surface area contributed by atoms with Crippen molar-refractivity contribution in [3.63, 3.8) is 0 Å². The molecule has 56 heavy (non-hydrogen) atoms. The van der Waals surface area contributed by atoms with E-state index in [4.69, 9.17) is 0 Å². The molecule has 5 aromatic rings. The summed E-state index contributed by atoms with van der Waals surface area (Å²) < 4.78 is 0. The van der Waals surface area contributed by atoms with Crippen LogP contribution in [0.15, 0.2) is 66.2 Å². The third kappa shape index (κ3) is 8.77. The smallest absolute Gasteiger partial charge is 0.246 e. The Morgan fingerprint density at radius 1 is 1.02 bits per heavy atom. The SMILES string of the molecule is Cc1ncsc1-c1ccc(CNC(=O)[C@@H]2C[C@@H](O)CN2C(=O)[C@@H](NC(=O)CCCCN2CC(c3cc4cc(-c5ccccc5O)nnc4[nH]3)C2)C(C)(C)C)cc1. The summed E-state index contributed by atoms with van der Waals surface area (Å²) in [5.74, 6) is -0.390. The zero-order valence-corrected chi connectivity index (χ0v) is 33.1. The molecule has 0 unspecified atom stereocenters. The lowest BCUT2D eigenvalue weighted by Gasteiger charge is -2.39. The highest BCUT2D eigenvalue weighted by Gasteiger charge is 2.44. The maximum atomic E-state index is 14.0. The minimum atomic E-state index is -0.857. The number of hydrogen-bond donors (Lipinski definition) is 5. The first-order valence-electron chi connectivity index (χ1n) is 19.3. The molecule has 3 aromatic heterocycles. The number of hydrogen-bond acceptors (Lipinski definition) is 10. The van der Waals surface area contributed by atoms with E-state index in [1.165, 1.54) is 4.90 Å². The summed E-state index contributed by atoms with van der Waals surface area (Å²) >= 11 is 1.58. The molecule has 2 aromatic carbocycles. The van der Waals surface area contributed by atoms with E-state index in [-0.39, 0.29) is 49.4 Å². The Morgan fingerprint density at radius 3 is 2.50 bits per heavy atom. The van der Waals surface area contributed by atoms with Crippen LogP contribution < -0.4 is 10.6 Å². The molecule has 14 heteroatoms. The van der Waals surface area contributed by atoms with E-state index in [2.05, 4.69) is 41.8 Å². The number of H-pyrrole nitrogens is 1. The number of aromatic hydroxyl groups is 1. The van der Waals surface area contributed by atoms with E-state index in [0.717, 1.165) is 64.5 Å². The van der Waals surface area contributed by atoms with Crippen molar-refractivity contribution in [2.75, 3.05) is 26.2 Å². The minimum Gasteiger partial charge on any atom is -0.507 e.